The molecule has 2 aliphatic carbocycles. The number of H-pyrrole nitrogens is 1. The number of ether oxygens (including phenoxy) is 1. The van der Waals surface area contributed by atoms with Crippen LogP contribution in [0.25, 0.3) is 10.9 Å². The van der Waals surface area contributed by atoms with Crippen molar-refractivity contribution in [1.82, 2.24) is 9.88 Å². The van der Waals surface area contributed by atoms with Gasteiger partial charge in [-0.25, -0.2) is 0 Å². The van der Waals surface area contributed by atoms with Crippen molar-refractivity contribution in [2.24, 2.45) is 17.8 Å². The molecule has 1 aromatic heterocycles. The molecule has 2 aromatic rings. The zero-order valence-corrected chi connectivity index (χ0v) is 15.6. The lowest BCUT2D eigenvalue weighted by molar-refractivity contribution is -0.134. The van der Waals surface area contributed by atoms with Crippen LogP contribution in [-0.2, 0) is 11.3 Å². The first kappa shape index (κ1) is 18.0. The number of hydrogen-bond donors (Lipinski definition) is 2. The maximum absolute atomic E-state index is 13.0. The van der Waals surface area contributed by atoms with E-state index in [-0.39, 0.29) is 37.1 Å². The number of fused-ring (bicyclic) bond motifs is 2. The van der Waals surface area contributed by atoms with Crippen LogP contribution in [0.4, 0.5) is 0 Å². The molecule has 0 saturated heterocycles. The standard InChI is InChI=1S/C21H26N2O4/c1-27-15-7-6-13-10-14(20(25)22-18(13)11-15)12-23(8-9-24)21(26)19-16-4-2-3-5-17(16)19/h6-7,10-11,16-17,19,24H,2-5,8-9,12H2,1H3,(H,22,25)/t16-,17-/m0/s1. The van der Waals surface area contributed by atoms with E-state index in [1.807, 2.05) is 18.2 Å². The second-order valence-corrected chi connectivity index (χ2v) is 7.70. The van der Waals surface area contributed by atoms with Gasteiger partial charge in [0.2, 0.25) is 5.91 Å². The van der Waals surface area contributed by atoms with Gasteiger partial charge in [0.25, 0.3) is 5.56 Å². The van der Waals surface area contributed by atoms with Gasteiger partial charge in [0.1, 0.15) is 5.75 Å². The van der Waals surface area contributed by atoms with Gasteiger partial charge in [-0.15, -0.1) is 0 Å². The number of pyridine rings is 1. The number of benzene rings is 1. The highest BCUT2D eigenvalue weighted by Crippen LogP contribution is 2.56. The average molecular weight is 370 g/mol. The molecule has 0 unspecified atom stereocenters. The molecule has 27 heavy (non-hydrogen) atoms. The monoisotopic (exact) mass is 370 g/mol. The maximum atomic E-state index is 13.0. The molecule has 144 valence electrons. The van der Waals surface area contributed by atoms with Crippen molar-refractivity contribution in [3.05, 3.63) is 40.2 Å². The molecule has 6 nitrogen and oxygen atoms in total. The molecular weight excluding hydrogens is 344 g/mol. The number of rotatable bonds is 6. The van der Waals surface area contributed by atoms with Crippen molar-refractivity contribution in [3.63, 3.8) is 0 Å². The van der Waals surface area contributed by atoms with Crippen molar-refractivity contribution >= 4 is 16.8 Å². The molecule has 0 spiro atoms. The minimum atomic E-state index is -0.209. The number of amides is 1. The number of aromatic amines is 1. The second kappa shape index (κ2) is 7.35. The number of aliphatic hydroxyl groups is 1. The number of methoxy groups -OCH3 is 1. The third-order valence-corrected chi connectivity index (χ3v) is 6.11. The van der Waals surface area contributed by atoms with Crippen LogP contribution in [0.5, 0.6) is 5.75 Å². The predicted molar refractivity (Wildman–Crippen MR) is 103 cm³/mol. The average Bonchev–Trinajstić information content (AvgIpc) is 3.41. The van der Waals surface area contributed by atoms with E-state index in [2.05, 4.69) is 4.98 Å². The normalized spacial score (nSPS) is 23.7. The third kappa shape index (κ3) is 3.46. The molecule has 0 radical (unpaired) electrons. The van der Waals surface area contributed by atoms with Gasteiger partial charge in [0, 0.05) is 24.1 Å². The minimum absolute atomic E-state index is 0.0860. The summed E-state index contributed by atoms with van der Waals surface area (Å²) in [7, 11) is 1.58. The Hall–Kier alpha value is -2.34. The van der Waals surface area contributed by atoms with E-state index in [4.69, 9.17) is 4.74 Å². The van der Waals surface area contributed by atoms with E-state index < -0.39 is 0 Å². The van der Waals surface area contributed by atoms with Gasteiger partial charge in [0.15, 0.2) is 0 Å². The summed E-state index contributed by atoms with van der Waals surface area (Å²) < 4.78 is 5.20. The maximum Gasteiger partial charge on any atom is 0.253 e. The SMILES string of the molecule is COc1ccc2cc(CN(CCO)C(=O)C3[C@H]4CCCC[C@H]34)c(=O)[nH]c2c1. The van der Waals surface area contributed by atoms with Crippen LogP contribution in [0.15, 0.2) is 29.1 Å². The molecule has 0 aliphatic heterocycles. The van der Waals surface area contributed by atoms with Crippen molar-refractivity contribution in [3.8, 4) is 5.75 Å². The second-order valence-electron chi connectivity index (χ2n) is 7.70. The zero-order valence-electron chi connectivity index (χ0n) is 15.6. The summed E-state index contributed by atoms with van der Waals surface area (Å²) in [5.41, 5.74) is 1.04. The molecule has 2 aliphatic rings. The van der Waals surface area contributed by atoms with E-state index in [0.29, 0.717) is 28.7 Å². The Kier molecular flexibility index (Phi) is 4.91. The Morgan fingerprint density at radius 2 is 2.00 bits per heavy atom. The van der Waals surface area contributed by atoms with E-state index in [0.717, 1.165) is 18.2 Å². The van der Waals surface area contributed by atoms with Gasteiger partial charge in [-0.2, -0.15) is 0 Å². The summed E-state index contributed by atoms with van der Waals surface area (Å²) in [6.45, 7) is 0.387. The fraction of sp³-hybridized carbons (Fsp3) is 0.524. The van der Waals surface area contributed by atoms with Crippen molar-refractivity contribution in [2.45, 2.75) is 32.2 Å². The minimum Gasteiger partial charge on any atom is -0.497 e. The van der Waals surface area contributed by atoms with Gasteiger partial charge >= 0.3 is 0 Å². The number of nitrogens with one attached hydrogen (secondary N) is 1. The van der Waals surface area contributed by atoms with Gasteiger partial charge in [-0.3, -0.25) is 9.59 Å². The molecule has 1 aromatic carbocycles. The largest absolute Gasteiger partial charge is 0.497 e. The summed E-state index contributed by atoms with van der Waals surface area (Å²) in [6, 6.07) is 7.34. The first-order valence-corrected chi connectivity index (χ1v) is 9.72. The summed E-state index contributed by atoms with van der Waals surface area (Å²) in [5, 5.41) is 10.3. The van der Waals surface area contributed by atoms with Gasteiger partial charge in [-0.1, -0.05) is 12.8 Å². The van der Waals surface area contributed by atoms with Crippen molar-refractivity contribution < 1.29 is 14.6 Å². The van der Waals surface area contributed by atoms with E-state index in [1.165, 1.54) is 12.8 Å². The third-order valence-electron chi connectivity index (χ3n) is 6.11. The Balaban J connectivity index is 1.57. The fourth-order valence-corrected chi connectivity index (χ4v) is 4.63. The molecule has 1 amide bonds. The van der Waals surface area contributed by atoms with E-state index in [9.17, 15) is 14.7 Å². The molecule has 4 rings (SSSR count). The van der Waals surface area contributed by atoms with Crippen molar-refractivity contribution in [2.75, 3.05) is 20.3 Å². The van der Waals surface area contributed by atoms with E-state index >= 15 is 0 Å². The van der Waals surface area contributed by atoms with Crippen LogP contribution in [0.1, 0.15) is 31.2 Å². The number of carbonyl (C=O) groups excluding carboxylic acids is 1. The number of aromatic nitrogens is 1. The van der Waals surface area contributed by atoms with Crippen LogP contribution in [0, 0.1) is 17.8 Å². The predicted octanol–water partition coefficient (Wildman–Crippen LogP) is 2.29. The summed E-state index contributed by atoms with van der Waals surface area (Å²) in [5.74, 6) is 1.88. The number of aliphatic hydroxyl groups excluding tert-OH is 1. The van der Waals surface area contributed by atoms with Crippen LogP contribution in [0.2, 0.25) is 0 Å². The molecule has 1 heterocycles. The lowest BCUT2D eigenvalue weighted by Crippen LogP contribution is -2.36. The molecule has 0 bridgehead atoms. The number of carbonyl (C=O) groups is 1. The Bertz CT molecular complexity index is 895. The lowest BCUT2D eigenvalue weighted by Gasteiger charge is -2.22. The molecule has 2 N–H and O–H groups in total. The van der Waals surface area contributed by atoms with Crippen LogP contribution in [0.3, 0.4) is 0 Å². The summed E-state index contributed by atoms with van der Waals surface area (Å²) in [6.07, 6.45) is 4.68. The molecule has 2 saturated carbocycles. The van der Waals surface area contributed by atoms with Crippen LogP contribution < -0.4 is 10.3 Å². The Morgan fingerprint density at radius 3 is 2.67 bits per heavy atom. The number of nitrogens with zero attached hydrogens (tertiary/aromatic N) is 1. The zero-order chi connectivity index (χ0) is 19.0. The fourth-order valence-electron chi connectivity index (χ4n) is 4.63. The Morgan fingerprint density at radius 1 is 1.26 bits per heavy atom. The lowest BCUT2D eigenvalue weighted by atomic mass is 10.0. The van der Waals surface area contributed by atoms with E-state index in [1.54, 1.807) is 18.1 Å². The highest BCUT2D eigenvalue weighted by atomic mass is 16.5. The molecular formula is C21H26N2O4. The van der Waals surface area contributed by atoms with Crippen molar-refractivity contribution in [1.29, 1.82) is 0 Å². The summed E-state index contributed by atoms with van der Waals surface area (Å²) in [4.78, 5) is 30.1. The van der Waals surface area contributed by atoms with Gasteiger partial charge in [0.05, 0.1) is 25.8 Å². The summed E-state index contributed by atoms with van der Waals surface area (Å²) >= 11 is 0. The highest BCUT2D eigenvalue weighted by molar-refractivity contribution is 5.83. The first-order valence-electron chi connectivity index (χ1n) is 9.72. The van der Waals surface area contributed by atoms with Crippen LogP contribution in [-0.4, -0.2) is 41.2 Å². The number of hydrogen-bond acceptors (Lipinski definition) is 4. The molecule has 6 heteroatoms. The first-order chi connectivity index (χ1) is 13.1. The molecule has 2 atom stereocenters. The van der Waals surface area contributed by atoms with Gasteiger partial charge in [-0.05, 0) is 48.3 Å². The molecule has 2 fully saturated rings. The topological polar surface area (TPSA) is 82.6 Å². The van der Waals surface area contributed by atoms with Crippen LogP contribution >= 0.6 is 0 Å². The quantitative estimate of drug-likeness (QED) is 0.817. The Labute approximate surface area is 158 Å². The smallest absolute Gasteiger partial charge is 0.253 e. The van der Waals surface area contributed by atoms with Gasteiger partial charge < -0.3 is 19.7 Å². The highest BCUT2D eigenvalue weighted by Gasteiger charge is 2.55.